The minimum absolute atomic E-state index is 0.0953. The quantitative estimate of drug-likeness (QED) is 0.720. The van der Waals surface area contributed by atoms with Crippen LogP contribution in [0.15, 0.2) is 30.9 Å². The first-order valence-corrected chi connectivity index (χ1v) is 6.67. The van der Waals surface area contributed by atoms with Gasteiger partial charge >= 0.3 is 6.03 Å². The molecule has 1 aliphatic carbocycles. The molecule has 1 aromatic carbocycles. The van der Waals surface area contributed by atoms with E-state index in [1.807, 2.05) is 13.0 Å². The zero-order chi connectivity index (χ0) is 14.5. The van der Waals surface area contributed by atoms with E-state index >= 15 is 0 Å². The fourth-order valence-electron chi connectivity index (χ4n) is 1.73. The summed E-state index contributed by atoms with van der Waals surface area (Å²) in [5.41, 5.74) is 2.10. The molecule has 5 heteroatoms. The Kier molecular flexibility index (Phi) is 4.40. The van der Waals surface area contributed by atoms with Crippen LogP contribution >= 0.6 is 0 Å². The Balaban J connectivity index is 2.05. The van der Waals surface area contributed by atoms with Crippen LogP contribution in [0.4, 0.5) is 10.5 Å². The van der Waals surface area contributed by atoms with E-state index < -0.39 is 0 Å². The van der Waals surface area contributed by atoms with Crippen LogP contribution in [0, 0.1) is 6.92 Å². The molecule has 3 N–H and O–H groups in total. The summed E-state index contributed by atoms with van der Waals surface area (Å²) in [5, 5.41) is 8.29. The van der Waals surface area contributed by atoms with Gasteiger partial charge in [-0.1, -0.05) is 12.1 Å². The van der Waals surface area contributed by atoms with Crippen LogP contribution in [-0.2, 0) is 0 Å². The summed E-state index contributed by atoms with van der Waals surface area (Å²) in [5.74, 6) is -0.0953. The van der Waals surface area contributed by atoms with Crippen LogP contribution in [0.25, 0.3) is 0 Å². The highest BCUT2D eigenvalue weighted by Gasteiger charge is 2.24. The highest BCUT2D eigenvalue weighted by molar-refractivity contribution is 5.97. The highest BCUT2D eigenvalue weighted by Crippen LogP contribution is 2.21. The number of hydrogen-bond donors (Lipinski definition) is 3. The molecular weight excluding hydrogens is 254 g/mol. The molecule has 2 rings (SSSR count). The highest BCUT2D eigenvalue weighted by atomic mass is 16.2. The van der Waals surface area contributed by atoms with Gasteiger partial charge in [0.25, 0.3) is 5.91 Å². The Hall–Kier alpha value is -2.30. The summed E-state index contributed by atoms with van der Waals surface area (Å²) in [6, 6.07) is 5.29. The summed E-state index contributed by atoms with van der Waals surface area (Å²) in [7, 11) is 0. The van der Waals surface area contributed by atoms with Crippen molar-refractivity contribution in [2.24, 2.45) is 0 Å². The molecule has 20 heavy (non-hydrogen) atoms. The van der Waals surface area contributed by atoms with E-state index in [0.29, 0.717) is 23.8 Å². The minimum Gasteiger partial charge on any atom is -0.349 e. The molecule has 0 saturated heterocycles. The van der Waals surface area contributed by atoms with Crippen LogP contribution in [-0.4, -0.2) is 24.5 Å². The zero-order valence-corrected chi connectivity index (χ0v) is 11.5. The first-order chi connectivity index (χ1) is 9.60. The maximum Gasteiger partial charge on any atom is 0.319 e. The molecule has 1 fully saturated rings. The van der Waals surface area contributed by atoms with E-state index in [0.717, 1.165) is 18.4 Å². The van der Waals surface area contributed by atoms with Crippen molar-refractivity contribution in [3.05, 3.63) is 42.0 Å². The molecule has 5 nitrogen and oxygen atoms in total. The Morgan fingerprint density at radius 2 is 2.15 bits per heavy atom. The molecule has 1 aliphatic rings. The van der Waals surface area contributed by atoms with Crippen LogP contribution in [0.3, 0.4) is 0 Å². The first kappa shape index (κ1) is 14.1. The smallest absolute Gasteiger partial charge is 0.319 e. The van der Waals surface area contributed by atoms with Crippen molar-refractivity contribution in [2.45, 2.75) is 25.8 Å². The molecule has 106 valence electrons. The standard InChI is InChI=1S/C15H19N3O2/c1-3-8-16-15(20)18-13-9-11(5-4-10(13)2)14(19)17-12-6-7-12/h3-5,9,12H,1,6-8H2,2H3,(H,17,19)(H2,16,18,20). The Morgan fingerprint density at radius 3 is 2.80 bits per heavy atom. The molecule has 0 aromatic heterocycles. The molecule has 1 saturated carbocycles. The molecule has 0 radical (unpaired) electrons. The number of aryl methyl sites for hydroxylation is 1. The number of carbonyl (C=O) groups is 2. The lowest BCUT2D eigenvalue weighted by Crippen LogP contribution is -2.29. The molecule has 0 bridgehead atoms. The van der Waals surface area contributed by atoms with Gasteiger partial charge in [0.15, 0.2) is 0 Å². The molecule has 0 unspecified atom stereocenters. The topological polar surface area (TPSA) is 70.2 Å². The third-order valence-corrected chi connectivity index (χ3v) is 3.07. The number of hydrogen-bond acceptors (Lipinski definition) is 2. The van der Waals surface area contributed by atoms with Gasteiger partial charge in [-0.2, -0.15) is 0 Å². The molecule has 3 amide bonds. The zero-order valence-electron chi connectivity index (χ0n) is 11.5. The lowest BCUT2D eigenvalue weighted by molar-refractivity contribution is 0.0951. The predicted octanol–water partition coefficient (Wildman–Crippen LogP) is 2.19. The van der Waals surface area contributed by atoms with Gasteiger partial charge in [-0.25, -0.2) is 4.79 Å². The van der Waals surface area contributed by atoms with Crippen molar-refractivity contribution >= 4 is 17.6 Å². The maximum absolute atomic E-state index is 12.0. The minimum atomic E-state index is -0.312. The second-order valence-corrected chi connectivity index (χ2v) is 4.90. The van der Waals surface area contributed by atoms with E-state index in [9.17, 15) is 9.59 Å². The largest absolute Gasteiger partial charge is 0.349 e. The van der Waals surface area contributed by atoms with Crippen molar-refractivity contribution in [3.8, 4) is 0 Å². The lowest BCUT2D eigenvalue weighted by Gasteiger charge is -2.11. The third kappa shape index (κ3) is 3.85. The molecule has 0 atom stereocenters. The summed E-state index contributed by atoms with van der Waals surface area (Å²) < 4.78 is 0. The molecule has 0 spiro atoms. The Morgan fingerprint density at radius 1 is 1.40 bits per heavy atom. The van der Waals surface area contributed by atoms with Gasteiger partial charge in [0.2, 0.25) is 0 Å². The van der Waals surface area contributed by atoms with E-state index in [2.05, 4.69) is 22.5 Å². The third-order valence-electron chi connectivity index (χ3n) is 3.07. The fraction of sp³-hybridized carbons (Fsp3) is 0.333. The molecular formula is C15H19N3O2. The summed E-state index contributed by atoms with van der Waals surface area (Å²) in [6.07, 6.45) is 3.70. The van der Waals surface area contributed by atoms with Crippen LogP contribution in [0.2, 0.25) is 0 Å². The van der Waals surface area contributed by atoms with Gasteiger partial charge in [0.05, 0.1) is 0 Å². The van der Waals surface area contributed by atoms with E-state index in [4.69, 9.17) is 0 Å². The molecule has 0 heterocycles. The van der Waals surface area contributed by atoms with Gasteiger partial charge < -0.3 is 16.0 Å². The van der Waals surface area contributed by atoms with Crippen molar-refractivity contribution in [3.63, 3.8) is 0 Å². The maximum atomic E-state index is 12.0. The second kappa shape index (κ2) is 6.23. The van der Waals surface area contributed by atoms with Crippen molar-refractivity contribution in [2.75, 3.05) is 11.9 Å². The second-order valence-electron chi connectivity index (χ2n) is 4.90. The fourth-order valence-corrected chi connectivity index (χ4v) is 1.73. The lowest BCUT2D eigenvalue weighted by atomic mass is 10.1. The molecule has 0 aliphatic heterocycles. The number of amides is 3. The van der Waals surface area contributed by atoms with E-state index in [-0.39, 0.29) is 11.9 Å². The number of carbonyl (C=O) groups excluding carboxylic acids is 2. The van der Waals surface area contributed by atoms with Crippen LogP contribution in [0.5, 0.6) is 0 Å². The predicted molar refractivity (Wildman–Crippen MR) is 78.9 cm³/mol. The average Bonchev–Trinajstić information content (AvgIpc) is 3.22. The number of urea groups is 1. The van der Waals surface area contributed by atoms with Gasteiger partial charge in [-0.3, -0.25) is 4.79 Å². The van der Waals surface area contributed by atoms with Crippen molar-refractivity contribution in [1.82, 2.24) is 10.6 Å². The summed E-state index contributed by atoms with van der Waals surface area (Å²) in [4.78, 5) is 23.6. The number of benzene rings is 1. The normalized spacial score (nSPS) is 13.4. The SMILES string of the molecule is C=CCNC(=O)Nc1cc(C(=O)NC2CC2)ccc1C. The van der Waals surface area contributed by atoms with Gasteiger partial charge in [-0.05, 0) is 37.5 Å². The van der Waals surface area contributed by atoms with Gasteiger partial charge in [0.1, 0.15) is 0 Å². The number of rotatable bonds is 5. The monoisotopic (exact) mass is 273 g/mol. The van der Waals surface area contributed by atoms with E-state index in [1.165, 1.54) is 0 Å². The summed E-state index contributed by atoms with van der Waals surface area (Å²) >= 11 is 0. The Bertz CT molecular complexity index is 536. The van der Waals surface area contributed by atoms with E-state index in [1.54, 1.807) is 18.2 Å². The van der Waals surface area contributed by atoms with Crippen molar-refractivity contribution in [1.29, 1.82) is 0 Å². The van der Waals surface area contributed by atoms with Gasteiger partial charge in [0, 0.05) is 23.8 Å². The average molecular weight is 273 g/mol. The summed E-state index contributed by atoms with van der Waals surface area (Å²) in [6.45, 7) is 5.81. The van der Waals surface area contributed by atoms with Crippen LogP contribution < -0.4 is 16.0 Å². The Labute approximate surface area is 118 Å². The number of nitrogens with one attached hydrogen (secondary N) is 3. The number of anilines is 1. The first-order valence-electron chi connectivity index (χ1n) is 6.67. The van der Waals surface area contributed by atoms with Gasteiger partial charge in [-0.15, -0.1) is 6.58 Å². The van der Waals surface area contributed by atoms with Crippen LogP contribution in [0.1, 0.15) is 28.8 Å². The molecule has 1 aromatic rings. The van der Waals surface area contributed by atoms with Crippen molar-refractivity contribution < 1.29 is 9.59 Å².